The van der Waals surface area contributed by atoms with Crippen LogP contribution in [-0.4, -0.2) is 5.84 Å². The first-order chi connectivity index (χ1) is 11.4. The Labute approximate surface area is 145 Å². The lowest BCUT2D eigenvalue weighted by Gasteiger charge is -2.36. The Bertz CT molecular complexity index is 820. The number of amidine groups is 1. The van der Waals surface area contributed by atoms with Gasteiger partial charge < -0.3 is 0 Å². The summed E-state index contributed by atoms with van der Waals surface area (Å²) in [4.78, 5) is 7.34. The molecule has 3 rings (SSSR count). The van der Waals surface area contributed by atoms with Gasteiger partial charge in [-0.1, -0.05) is 48.7 Å². The molecule has 2 heteroatoms. The summed E-state index contributed by atoms with van der Waals surface area (Å²) in [6.45, 7) is 13.1. The molecule has 24 heavy (non-hydrogen) atoms. The number of fused-ring (bicyclic) bond motifs is 1. The molecule has 1 aliphatic heterocycles. The first-order valence-corrected chi connectivity index (χ1v) is 8.62. The van der Waals surface area contributed by atoms with E-state index >= 15 is 0 Å². The van der Waals surface area contributed by atoms with Gasteiger partial charge in [-0.05, 0) is 52.0 Å². The summed E-state index contributed by atoms with van der Waals surface area (Å²) >= 11 is 0. The molecule has 1 aliphatic rings. The third-order valence-corrected chi connectivity index (χ3v) is 4.38. The van der Waals surface area contributed by atoms with Gasteiger partial charge in [0, 0.05) is 17.2 Å². The zero-order chi connectivity index (χ0) is 17.4. The highest BCUT2D eigenvalue weighted by molar-refractivity contribution is 6.14. The molecule has 0 aliphatic carbocycles. The van der Waals surface area contributed by atoms with E-state index in [0.29, 0.717) is 5.92 Å². The first-order valence-electron chi connectivity index (χ1n) is 8.62. The number of hydrogen-bond donors (Lipinski definition) is 0. The van der Waals surface area contributed by atoms with Gasteiger partial charge in [0.2, 0.25) is 0 Å². The molecule has 0 radical (unpaired) electrons. The number of rotatable bonds is 2. The number of nitrogens with zero attached hydrogens (tertiary/aromatic N) is 2. The fraction of sp³-hybridized carbons (Fsp3) is 0.318. The van der Waals surface area contributed by atoms with Crippen molar-refractivity contribution in [3.63, 3.8) is 0 Å². The van der Waals surface area contributed by atoms with E-state index in [4.69, 9.17) is 4.99 Å². The molecule has 0 saturated heterocycles. The fourth-order valence-electron chi connectivity index (χ4n) is 3.18. The summed E-state index contributed by atoms with van der Waals surface area (Å²) in [7, 11) is 0. The molecule has 2 aromatic rings. The predicted octanol–water partition coefficient (Wildman–Crippen LogP) is 6.26. The monoisotopic (exact) mass is 318 g/mol. The van der Waals surface area contributed by atoms with Gasteiger partial charge in [0.25, 0.3) is 0 Å². The zero-order valence-electron chi connectivity index (χ0n) is 15.5. The van der Waals surface area contributed by atoms with Crippen LogP contribution in [-0.2, 0) is 0 Å². The molecule has 0 amide bonds. The van der Waals surface area contributed by atoms with Crippen LogP contribution in [0.25, 0.3) is 5.70 Å². The minimum absolute atomic E-state index is 0.343. The van der Waals surface area contributed by atoms with Crippen molar-refractivity contribution in [1.29, 1.82) is 0 Å². The Morgan fingerprint density at radius 2 is 1.54 bits per heavy atom. The van der Waals surface area contributed by atoms with Crippen LogP contribution in [0.2, 0.25) is 0 Å². The summed E-state index contributed by atoms with van der Waals surface area (Å²) in [5.41, 5.74) is 8.57. The third-order valence-electron chi connectivity index (χ3n) is 4.38. The van der Waals surface area contributed by atoms with Gasteiger partial charge >= 0.3 is 0 Å². The molecule has 0 aromatic heterocycles. The SMILES string of the molecule is CC(C)=C1c2cc(C)ccc2N=C(C(C)C)N1c1ccc(C)cc1. The molecule has 0 fully saturated rings. The van der Waals surface area contributed by atoms with Crippen LogP contribution in [0.4, 0.5) is 11.4 Å². The van der Waals surface area contributed by atoms with Crippen LogP contribution >= 0.6 is 0 Å². The fourth-order valence-corrected chi connectivity index (χ4v) is 3.18. The molecule has 0 N–H and O–H groups in total. The Hall–Kier alpha value is -2.35. The van der Waals surface area contributed by atoms with Crippen molar-refractivity contribution >= 4 is 22.9 Å². The van der Waals surface area contributed by atoms with Crippen LogP contribution in [0.1, 0.15) is 44.4 Å². The highest BCUT2D eigenvalue weighted by atomic mass is 15.2. The third kappa shape index (κ3) is 2.89. The van der Waals surface area contributed by atoms with Crippen molar-refractivity contribution in [1.82, 2.24) is 0 Å². The van der Waals surface area contributed by atoms with Crippen LogP contribution in [0.5, 0.6) is 0 Å². The van der Waals surface area contributed by atoms with Crippen molar-refractivity contribution in [2.45, 2.75) is 41.5 Å². The lowest BCUT2D eigenvalue weighted by atomic mass is 9.97. The highest BCUT2D eigenvalue weighted by Gasteiger charge is 2.28. The molecule has 124 valence electrons. The van der Waals surface area contributed by atoms with Gasteiger partial charge in [-0.2, -0.15) is 0 Å². The first kappa shape index (κ1) is 16.5. The minimum Gasteiger partial charge on any atom is -0.298 e. The molecular weight excluding hydrogens is 292 g/mol. The second-order valence-electron chi connectivity index (χ2n) is 7.16. The number of hydrogen-bond acceptors (Lipinski definition) is 2. The molecular formula is C22H26N2. The molecule has 0 spiro atoms. The van der Waals surface area contributed by atoms with Gasteiger partial charge in [-0.3, -0.25) is 4.90 Å². The van der Waals surface area contributed by atoms with Crippen LogP contribution in [0, 0.1) is 19.8 Å². The summed E-state index contributed by atoms with van der Waals surface area (Å²) < 4.78 is 0. The summed E-state index contributed by atoms with van der Waals surface area (Å²) in [5.74, 6) is 1.45. The lowest BCUT2D eigenvalue weighted by Crippen LogP contribution is -2.35. The lowest BCUT2D eigenvalue weighted by molar-refractivity contribution is 0.862. The van der Waals surface area contributed by atoms with Gasteiger partial charge in [-0.15, -0.1) is 0 Å². The zero-order valence-corrected chi connectivity index (χ0v) is 15.5. The van der Waals surface area contributed by atoms with E-state index in [1.165, 1.54) is 33.6 Å². The Morgan fingerprint density at radius 3 is 2.12 bits per heavy atom. The minimum atomic E-state index is 0.343. The Balaban J connectivity index is 2.29. The number of aryl methyl sites for hydroxylation is 2. The van der Waals surface area contributed by atoms with Gasteiger partial charge in [0.05, 0.1) is 11.4 Å². The van der Waals surface area contributed by atoms with Crippen molar-refractivity contribution < 1.29 is 0 Å². The van der Waals surface area contributed by atoms with E-state index in [1.807, 2.05) is 0 Å². The molecule has 2 nitrogen and oxygen atoms in total. The second-order valence-corrected chi connectivity index (χ2v) is 7.16. The van der Waals surface area contributed by atoms with E-state index in [9.17, 15) is 0 Å². The van der Waals surface area contributed by atoms with E-state index < -0.39 is 0 Å². The van der Waals surface area contributed by atoms with E-state index in [-0.39, 0.29) is 0 Å². The smallest absolute Gasteiger partial charge is 0.116 e. The summed E-state index contributed by atoms with van der Waals surface area (Å²) in [6, 6.07) is 15.3. The molecule has 0 atom stereocenters. The van der Waals surface area contributed by atoms with Crippen molar-refractivity contribution in [2.24, 2.45) is 10.9 Å². The highest BCUT2D eigenvalue weighted by Crippen LogP contribution is 2.40. The summed E-state index contributed by atoms with van der Waals surface area (Å²) in [6.07, 6.45) is 0. The van der Waals surface area contributed by atoms with Gasteiger partial charge in [-0.25, -0.2) is 4.99 Å². The number of benzene rings is 2. The molecule has 2 aromatic carbocycles. The standard InChI is InChI=1S/C22H26N2/c1-14(2)21-19-13-17(6)9-12-20(19)23-22(15(3)4)24(21)18-10-7-16(5)8-11-18/h7-13,15H,1-6H3. The van der Waals surface area contributed by atoms with Crippen LogP contribution < -0.4 is 4.90 Å². The largest absolute Gasteiger partial charge is 0.298 e. The summed E-state index contributed by atoms with van der Waals surface area (Å²) in [5, 5.41) is 0. The average molecular weight is 318 g/mol. The van der Waals surface area contributed by atoms with Crippen LogP contribution in [0.3, 0.4) is 0 Å². The topological polar surface area (TPSA) is 15.6 Å². The number of allylic oxidation sites excluding steroid dienone is 1. The Morgan fingerprint density at radius 1 is 0.917 bits per heavy atom. The van der Waals surface area contributed by atoms with Crippen molar-refractivity contribution in [3.8, 4) is 0 Å². The maximum absolute atomic E-state index is 5.01. The maximum atomic E-state index is 5.01. The molecule has 0 bridgehead atoms. The molecule has 0 unspecified atom stereocenters. The van der Waals surface area contributed by atoms with E-state index in [0.717, 1.165) is 11.5 Å². The number of aliphatic imine (C=N–C) groups is 1. The number of anilines is 1. The quantitative estimate of drug-likeness (QED) is 0.638. The molecule has 0 saturated carbocycles. The maximum Gasteiger partial charge on any atom is 0.116 e. The predicted molar refractivity (Wildman–Crippen MR) is 105 cm³/mol. The molecule has 1 heterocycles. The van der Waals surface area contributed by atoms with Gasteiger partial charge in [0.1, 0.15) is 5.84 Å². The van der Waals surface area contributed by atoms with Gasteiger partial charge in [0.15, 0.2) is 0 Å². The normalized spacial score (nSPS) is 13.9. The van der Waals surface area contributed by atoms with E-state index in [1.54, 1.807) is 0 Å². The van der Waals surface area contributed by atoms with Crippen molar-refractivity contribution in [2.75, 3.05) is 4.90 Å². The average Bonchev–Trinajstić information content (AvgIpc) is 2.53. The van der Waals surface area contributed by atoms with E-state index in [2.05, 4.69) is 88.9 Å². The Kier molecular flexibility index (Phi) is 4.31. The van der Waals surface area contributed by atoms with Crippen molar-refractivity contribution in [3.05, 3.63) is 64.7 Å². The second kappa shape index (κ2) is 6.27. The van der Waals surface area contributed by atoms with Crippen LogP contribution in [0.15, 0.2) is 53.0 Å².